The molecule has 182 valence electrons. The maximum atomic E-state index is 11.6. The molecule has 0 saturated carbocycles. The van der Waals surface area contributed by atoms with E-state index in [1.807, 2.05) is 0 Å². The van der Waals surface area contributed by atoms with E-state index in [2.05, 4.69) is 57.1 Å². The highest BCUT2D eigenvalue weighted by Gasteiger charge is 2.19. The number of carbonyl (C=O) groups excluding carboxylic acids is 2. The van der Waals surface area contributed by atoms with Gasteiger partial charge in [0.2, 0.25) is 20.9 Å². The van der Waals surface area contributed by atoms with Gasteiger partial charge in [0.25, 0.3) is 0 Å². The average molecular weight is 613 g/mol. The Kier molecular flexibility index (Phi) is 12.3. The minimum Gasteiger partial charge on any atom is -0.461 e. The monoisotopic (exact) mass is 611 g/mol. The lowest BCUT2D eigenvalue weighted by atomic mass is 10.4. The third-order valence-corrected chi connectivity index (χ3v) is 5.35. The lowest BCUT2D eigenvalue weighted by Gasteiger charge is -2.07. The fourth-order valence-electron chi connectivity index (χ4n) is 1.93. The molecule has 0 bridgehead atoms. The van der Waals surface area contributed by atoms with E-state index < -0.39 is 26.9 Å². The summed E-state index contributed by atoms with van der Waals surface area (Å²) in [6, 6.07) is 0. The van der Waals surface area contributed by atoms with Crippen LogP contribution in [0.1, 0.15) is 34.8 Å². The molecule has 0 radical (unpaired) electrons. The Morgan fingerprint density at radius 3 is 1.97 bits per heavy atom. The van der Waals surface area contributed by atoms with Crippen LogP contribution < -0.4 is 5.32 Å². The quantitative estimate of drug-likeness (QED) is 0.250. The fourth-order valence-corrected chi connectivity index (χ4v) is 3.14. The van der Waals surface area contributed by atoms with Gasteiger partial charge in [-0.25, -0.2) is 37.9 Å². The molecule has 12 nitrogen and oxygen atoms in total. The Morgan fingerprint density at radius 2 is 1.48 bits per heavy atom. The van der Waals surface area contributed by atoms with Crippen LogP contribution in [0.25, 0.3) is 0 Å². The summed E-state index contributed by atoms with van der Waals surface area (Å²) in [7, 11) is -1.94. The number of carbonyl (C=O) groups is 2. The van der Waals surface area contributed by atoms with Gasteiger partial charge >= 0.3 is 11.9 Å². The number of methoxy groups -OCH3 is 1. The van der Waals surface area contributed by atoms with Crippen LogP contribution in [0.4, 0.5) is 5.95 Å². The van der Waals surface area contributed by atoms with Gasteiger partial charge in [-0.05, 0) is 45.7 Å². The van der Waals surface area contributed by atoms with Crippen LogP contribution >= 0.6 is 31.9 Å². The van der Waals surface area contributed by atoms with Crippen LogP contribution in [0.2, 0.25) is 0 Å². The number of hydrogen-bond donors (Lipinski definition) is 1. The Balaban J connectivity index is 0.000000331. The van der Waals surface area contributed by atoms with Crippen molar-refractivity contribution >= 4 is 59.6 Å². The van der Waals surface area contributed by atoms with Gasteiger partial charge in [0.05, 0.1) is 28.8 Å². The van der Waals surface area contributed by atoms with E-state index in [4.69, 9.17) is 14.2 Å². The van der Waals surface area contributed by atoms with E-state index in [1.54, 1.807) is 21.0 Å². The Bertz CT molecular complexity index is 1070. The third-order valence-electron chi connectivity index (χ3n) is 3.32. The zero-order chi connectivity index (χ0) is 25.0. The summed E-state index contributed by atoms with van der Waals surface area (Å²) >= 11 is 6.25. The largest absolute Gasteiger partial charge is 0.461 e. The SMILES string of the molecule is CCOC(=O)c1nc(NCCOC)ncc1Br.CCOC(=O)c1nc(S(C)(=O)=O)ncc1Br. The number of anilines is 1. The van der Waals surface area contributed by atoms with Crippen molar-refractivity contribution in [3.05, 3.63) is 32.7 Å². The zero-order valence-corrected chi connectivity index (χ0v) is 22.3. The first-order chi connectivity index (χ1) is 15.5. The van der Waals surface area contributed by atoms with Gasteiger partial charge in [0.1, 0.15) is 0 Å². The molecule has 0 spiro atoms. The molecular weight excluding hydrogens is 590 g/mol. The Labute approximate surface area is 208 Å². The number of rotatable bonds is 9. The molecule has 0 aromatic carbocycles. The highest BCUT2D eigenvalue weighted by Crippen LogP contribution is 2.17. The predicted molar refractivity (Wildman–Crippen MR) is 125 cm³/mol. The molecule has 2 heterocycles. The first kappa shape index (κ1) is 28.8. The predicted octanol–water partition coefficient (Wildman–Crippen LogP) is 2.29. The van der Waals surface area contributed by atoms with Crippen molar-refractivity contribution < 1.29 is 32.2 Å². The van der Waals surface area contributed by atoms with E-state index in [-0.39, 0.29) is 18.0 Å². The zero-order valence-electron chi connectivity index (χ0n) is 18.3. The summed E-state index contributed by atoms with van der Waals surface area (Å²) in [4.78, 5) is 38.3. The summed E-state index contributed by atoms with van der Waals surface area (Å²) in [6.07, 6.45) is 3.68. The third kappa shape index (κ3) is 9.65. The topological polar surface area (TPSA) is 160 Å². The molecule has 0 amide bonds. The maximum absolute atomic E-state index is 11.6. The summed E-state index contributed by atoms with van der Waals surface area (Å²) in [6.45, 7) is 4.98. The normalized spacial score (nSPS) is 10.6. The van der Waals surface area contributed by atoms with Crippen LogP contribution in [0, 0.1) is 0 Å². The molecule has 1 N–H and O–H groups in total. The van der Waals surface area contributed by atoms with E-state index in [0.717, 1.165) is 6.26 Å². The van der Waals surface area contributed by atoms with Crippen molar-refractivity contribution in [2.45, 2.75) is 19.0 Å². The highest BCUT2D eigenvalue weighted by molar-refractivity contribution is 9.10. The minimum absolute atomic E-state index is 0.0997. The van der Waals surface area contributed by atoms with Crippen LogP contribution in [0.15, 0.2) is 26.5 Å². The number of ether oxygens (including phenoxy) is 3. The molecule has 2 rings (SSSR count). The van der Waals surface area contributed by atoms with Crippen LogP contribution in [0.3, 0.4) is 0 Å². The summed E-state index contributed by atoms with van der Waals surface area (Å²) in [5.41, 5.74) is 0.110. The second kappa shape index (κ2) is 14.1. The van der Waals surface area contributed by atoms with E-state index in [9.17, 15) is 18.0 Å². The number of hydrogen-bond acceptors (Lipinski definition) is 12. The number of sulfone groups is 1. The number of nitrogens with one attached hydrogen (secondary N) is 1. The smallest absolute Gasteiger partial charge is 0.358 e. The van der Waals surface area contributed by atoms with E-state index in [0.29, 0.717) is 34.7 Å². The molecule has 2 aromatic heterocycles. The minimum atomic E-state index is -3.54. The van der Waals surface area contributed by atoms with E-state index in [1.165, 1.54) is 12.4 Å². The summed E-state index contributed by atoms with van der Waals surface area (Å²) in [5, 5.41) is 2.53. The van der Waals surface area contributed by atoms with Crippen LogP contribution in [0.5, 0.6) is 0 Å². The van der Waals surface area contributed by atoms with Gasteiger partial charge in [0, 0.05) is 32.3 Å². The highest BCUT2D eigenvalue weighted by atomic mass is 79.9. The van der Waals surface area contributed by atoms with Crippen LogP contribution in [-0.4, -0.2) is 80.0 Å². The molecule has 0 aliphatic rings. The first-order valence-electron chi connectivity index (χ1n) is 9.37. The molecule has 33 heavy (non-hydrogen) atoms. The van der Waals surface area contributed by atoms with Crippen molar-refractivity contribution in [1.29, 1.82) is 0 Å². The summed E-state index contributed by atoms with van der Waals surface area (Å²) in [5.74, 6) is -0.799. The van der Waals surface area contributed by atoms with Gasteiger partial charge in [-0.3, -0.25) is 0 Å². The Morgan fingerprint density at radius 1 is 0.970 bits per heavy atom. The van der Waals surface area contributed by atoms with E-state index >= 15 is 0 Å². The lowest BCUT2D eigenvalue weighted by molar-refractivity contribution is 0.0508. The molecule has 0 atom stereocenters. The molecule has 0 saturated heterocycles. The van der Waals surface area contributed by atoms with Gasteiger partial charge in [0.15, 0.2) is 11.4 Å². The van der Waals surface area contributed by atoms with Crippen molar-refractivity contribution in [3.63, 3.8) is 0 Å². The van der Waals surface area contributed by atoms with Gasteiger partial charge < -0.3 is 19.5 Å². The molecule has 0 aliphatic heterocycles. The molecule has 0 aliphatic carbocycles. The van der Waals surface area contributed by atoms with Gasteiger partial charge in [-0.2, -0.15) is 0 Å². The molecular formula is C18H23Br2N5O7S. The molecule has 15 heteroatoms. The van der Waals surface area contributed by atoms with Crippen LogP contribution in [-0.2, 0) is 24.0 Å². The molecule has 2 aromatic rings. The second-order valence-corrected chi connectivity index (χ2v) is 9.49. The standard InChI is InChI=1S/C10H14BrN3O3.C8H9BrN2O4S/c1-3-17-9(15)8-7(11)6-13-10(14-8)12-4-5-16-2;1-3-15-7(12)6-5(9)4-10-8(11-6)16(2,13)14/h6H,3-5H2,1-2H3,(H,12,13,14);4H,3H2,1-2H3. The summed E-state index contributed by atoms with van der Waals surface area (Å²) < 4.78 is 37.7. The number of halogens is 2. The van der Waals surface area contributed by atoms with Crippen molar-refractivity contribution in [2.75, 3.05) is 45.0 Å². The molecule has 0 unspecified atom stereocenters. The first-order valence-corrected chi connectivity index (χ1v) is 12.8. The van der Waals surface area contributed by atoms with Gasteiger partial charge in [-0.1, -0.05) is 0 Å². The fraction of sp³-hybridized carbons (Fsp3) is 0.444. The Hall–Kier alpha value is -2.23. The number of nitrogens with zero attached hydrogens (tertiary/aromatic N) is 4. The number of esters is 2. The molecule has 0 fully saturated rings. The lowest BCUT2D eigenvalue weighted by Crippen LogP contribution is -2.14. The maximum Gasteiger partial charge on any atom is 0.358 e. The van der Waals surface area contributed by atoms with Crippen molar-refractivity contribution in [2.24, 2.45) is 0 Å². The average Bonchev–Trinajstić information content (AvgIpc) is 2.75. The van der Waals surface area contributed by atoms with Crippen molar-refractivity contribution in [3.8, 4) is 0 Å². The second-order valence-electron chi connectivity index (χ2n) is 5.87. The number of aromatic nitrogens is 4. The van der Waals surface area contributed by atoms with Gasteiger partial charge in [-0.15, -0.1) is 0 Å². The van der Waals surface area contributed by atoms with Crippen molar-refractivity contribution in [1.82, 2.24) is 19.9 Å².